The van der Waals surface area contributed by atoms with E-state index >= 15 is 0 Å². The minimum atomic E-state index is -0.585. The van der Waals surface area contributed by atoms with Gasteiger partial charge in [-0.25, -0.2) is 0 Å². The van der Waals surface area contributed by atoms with E-state index < -0.39 is 60.4 Å². The third-order valence-electron chi connectivity index (χ3n) is 8.40. The normalized spacial score (nSPS) is 15.0. The maximum atomic E-state index is 9.51. The summed E-state index contributed by atoms with van der Waals surface area (Å²) in [4.78, 5) is 0. The second-order valence-corrected chi connectivity index (χ2v) is 11.1. The zero-order chi connectivity index (χ0) is 41.6. The summed E-state index contributed by atoms with van der Waals surface area (Å²) in [6, 6.07) is 26.3. The summed E-state index contributed by atoms with van der Waals surface area (Å²) in [7, 11) is 0. The third kappa shape index (κ3) is 4.64. The molecular formula is C46H30O. The first-order chi connectivity index (χ1) is 28.3. The van der Waals surface area contributed by atoms with Gasteiger partial charge in [-0.1, -0.05) is 170 Å². The van der Waals surface area contributed by atoms with Gasteiger partial charge in [-0.05, 0) is 67.1 Å². The monoisotopic (exact) mass is 610 g/mol. The zero-order valence-corrected chi connectivity index (χ0v) is 24.8. The minimum absolute atomic E-state index is 0.00627. The molecule has 0 unspecified atom stereocenters. The topological polar surface area (TPSA) is 13.1 Å². The highest BCUT2D eigenvalue weighted by Crippen LogP contribution is 2.50. The van der Waals surface area contributed by atoms with E-state index in [-0.39, 0.29) is 72.8 Å². The lowest BCUT2D eigenvalue weighted by Crippen LogP contribution is -1.91. The first kappa shape index (κ1) is 17.5. The van der Waals surface area contributed by atoms with Crippen LogP contribution in [-0.4, -0.2) is 0 Å². The van der Waals surface area contributed by atoms with Gasteiger partial charge in [-0.2, -0.15) is 0 Å². The predicted molar refractivity (Wildman–Crippen MR) is 198 cm³/mol. The number of furan rings is 1. The molecule has 1 aromatic heterocycles. The lowest BCUT2D eigenvalue weighted by Gasteiger charge is -2.18. The Kier molecular flexibility index (Phi) is 4.21. The molecule has 0 bridgehead atoms. The van der Waals surface area contributed by atoms with Gasteiger partial charge in [0.1, 0.15) is 11.3 Å². The van der Waals surface area contributed by atoms with Gasteiger partial charge in [0, 0.05) is 22.1 Å². The van der Waals surface area contributed by atoms with Crippen LogP contribution in [0.1, 0.15) is 16.4 Å². The van der Waals surface area contributed by atoms with Crippen molar-refractivity contribution < 1.29 is 20.9 Å². The van der Waals surface area contributed by atoms with Gasteiger partial charge in [0.25, 0.3) is 0 Å². The first-order valence-electron chi connectivity index (χ1n) is 21.1. The molecule has 47 heavy (non-hydrogen) atoms. The minimum Gasteiger partial charge on any atom is -0.455 e. The molecule has 0 aliphatic heterocycles. The van der Waals surface area contributed by atoms with Crippen LogP contribution in [-0.2, 0) is 0 Å². The molecule has 1 heteroatoms. The van der Waals surface area contributed by atoms with Crippen LogP contribution in [0.3, 0.4) is 0 Å². The molecule has 0 aliphatic rings. The zero-order valence-electron chi connectivity index (χ0n) is 36.8. The first-order valence-corrected chi connectivity index (χ1v) is 15.1. The summed E-state index contributed by atoms with van der Waals surface area (Å²) in [5.74, 6) is -0.170. The Morgan fingerprint density at radius 2 is 0.809 bits per heavy atom. The molecule has 0 amide bonds. The molecule has 1 heterocycles. The fraction of sp³-hybridized carbons (Fsp3) is 0. The second-order valence-electron chi connectivity index (χ2n) is 11.1. The van der Waals surface area contributed by atoms with Crippen LogP contribution in [0.15, 0.2) is 186 Å². The van der Waals surface area contributed by atoms with Crippen molar-refractivity contribution in [2.45, 2.75) is 0 Å². The molecule has 0 spiro atoms. The molecule has 8 aromatic carbocycles. The Labute approximate surface area is 290 Å². The molecule has 220 valence electrons. The van der Waals surface area contributed by atoms with E-state index in [1.54, 1.807) is 72.8 Å². The Balaban J connectivity index is 1.58. The summed E-state index contributed by atoms with van der Waals surface area (Å²) >= 11 is 0. The largest absolute Gasteiger partial charge is 0.455 e. The fourth-order valence-electron chi connectivity index (χ4n) is 6.28. The number of rotatable bonds is 5. The lowest BCUT2D eigenvalue weighted by molar-refractivity contribution is 0.632. The maximum Gasteiger partial charge on any atom is 0.143 e. The van der Waals surface area contributed by atoms with E-state index in [1.165, 1.54) is 0 Å². The summed E-state index contributed by atoms with van der Waals surface area (Å²) in [6.07, 6.45) is 0. The quantitative estimate of drug-likeness (QED) is 0.177. The van der Waals surface area contributed by atoms with Crippen molar-refractivity contribution in [2.75, 3.05) is 0 Å². The third-order valence-corrected chi connectivity index (χ3v) is 8.40. The summed E-state index contributed by atoms with van der Waals surface area (Å²) in [5, 5.41) is 0.192. The number of hydrogen-bond donors (Lipinski definition) is 0. The van der Waals surface area contributed by atoms with Crippen LogP contribution in [0, 0.1) is 0 Å². The van der Waals surface area contributed by atoms with Gasteiger partial charge in [0.2, 0.25) is 0 Å². The molecule has 1 nitrogen and oxygen atoms in total. The molecule has 0 aliphatic carbocycles. The van der Waals surface area contributed by atoms with Crippen LogP contribution < -0.4 is 0 Å². The van der Waals surface area contributed by atoms with Gasteiger partial charge < -0.3 is 4.42 Å². The number of benzene rings is 8. The predicted octanol–water partition coefficient (Wildman–Crippen LogP) is 13.1. The molecule has 9 rings (SSSR count). The van der Waals surface area contributed by atoms with Crippen molar-refractivity contribution in [1.29, 1.82) is 0 Å². The average Bonchev–Trinajstić information content (AvgIpc) is 3.63. The van der Waals surface area contributed by atoms with E-state index in [4.69, 9.17) is 9.90 Å². The standard InChI is InChI=1S/C46H30O/c1-4-14-31(15-5-1)33-24-26-35(27-25-33)46-45(41-30-36(28-29-42(41)47-46)32-16-6-2-7-17-32)44-39-22-12-10-20-37(39)43(34-18-8-3-9-19-34)38-21-11-13-23-40(38)44/h1-30H/i10D,11D,12D,13D,20D,21D,22D,23D,24D,25D,26D,27D. The molecule has 9 aromatic rings. The summed E-state index contributed by atoms with van der Waals surface area (Å²) < 4.78 is 117. The van der Waals surface area contributed by atoms with Gasteiger partial charge in [0.05, 0.1) is 16.4 Å². The molecular weight excluding hydrogens is 569 g/mol. The van der Waals surface area contributed by atoms with Gasteiger partial charge >= 0.3 is 0 Å². The van der Waals surface area contributed by atoms with Crippen LogP contribution in [0.25, 0.3) is 88.3 Å². The van der Waals surface area contributed by atoms with Crippen molar-refractivity contribution in [1.82, 2.24) is 0 Å². The number of fused-ring (bicyclic) bond motifs is 3. The lowest BCUT2D eigenvalue weighted by atomic mass is 9.84. The smallest absolute Gasteiger partial charge is 0.143 e. The molecule has 0 saturated heterocycles. The van der Waals surface area contributed by atoms with Crippen LogP contribution in [0.4, 0.5) is 0 Å². The summed E-state index contributed by atoms with van der Waals surface area (Å²) in [5.41, 5.74) is 2.73. The Bertz CT molecular complexity index is 3110. The van der Waals surface area contributed by atoms with Crippen molar-refractivity contribution in [3.8, 4) is 55.8 Å². The van der Waals surface area contributed by atoms with Crippen molar-refractivity contribution in [2.24, 2.45) is 0 Å². The van der Waals surface area contributed by atoms with E-state index in [0.717, 1.165) is 5.56 Å². The highest BCUT2D eigenvalue weighted by Gasteiger charge is 2.24. The molecule has 0 saturated carbocycles. The van der Waals surface area contributed by atoms with Gasteiger partial charge in [0.15, 0.2) is 0 Å². The Hall–Kier alpha value is -6.18. The Morgan fingerprint density at radius 3 is 1.36 bits per heavy atom. The van der Waals surface area contributed by atoms with Crippen molar-refractivity contribution in [3.63, 3.8) is 0 Å². The summed E-state index contributed by atoms with van der Waals surface area (Å²) in [6.45, 7) is 0. The maximum absolute atomic E-state index is 9.51. The number of hydrogen-bond acceptors (Lipinski definition) is 1. The molecule has 0 atom stereocenters. The SMILES string of the molecule is [2H]c1c([2H])c(-c2oc3ccc(-c4ccccc4)cc3c2-c2c3c([2H])c([2H])c([2H])c([2H])c3c(-c3ccccc3)c3c([2H])c([2H])c([2H])c([2H])c23)c([2H])c([2H])c1-c1ccccc1. The van der Waals surface area contributed by atoms with E-state index in [1.807, 2.05) is 36.4 Å². The highest BCUT2D eigenvalue weighted by atomic mass is 16.3. The van der Waals surface area contributed by atoms with Crippen LogP contribution in [0.5, 0.6) is 0 Å². The van der Waals surface area contributed by atoms with E-state index in [2.05, 4.69) is 0 Å². The van der Waals surface area contributed by atoms with Gasteiger partial charge in [-0.15, -0.1) is 0 Å². The van der Waals surface area contributed by atoms with Crippen LogP contribution in [0.2, 0.25) is 0 Å². The van der Waals surface area contributed by atoms with Crippen molar-refractivity contribution in [3.05, 3.63) is 182 Å². The van der Waals surface area contributed by atoms with Crippen molar-refractivity contribution >= 4 is 32.5 Å². The highest BCUT2D eigenvalue weighted by molar-refractivity contribution is 6.25. The van der Waals surface area contributed by atoms with Gasteiger partial charge in [-0.3, -0.25) is 0 Å². The molecule has 0 radical (unpaired) electrons. The van der Waals surface area contributed by atoms with E-state index in [9.17, 15) is 11.0 Å². The van der Waals surface area contributed by atoms with Crippen LogP contribution >= 0.6 is 0 Å². The second kappa shape index (κ2) is 11.3. The fourth-order valence-corrected chi connectivity index (χ4v) is 6.28. The average molecular weight is 611 g/mol. The molecule has 0 fully saturated rings. The van der Waals surface area contributed by atoms with E-state index in [0.29, 0.717) is 22.1 Å². The Morgan fingerprint density at radius 1 is 0.340 bits per heavy atom. The molecule has 0 N–H and O–H groups in total.